The molecule has 4 nitrogen and oxygen atoms in total. The van der Waals surface area contributed by atoms with Crippen LogP contribution in [0.25, 0.3) is 0 Å². The van der Waals surface area contributed by atoms with Gasteiger partial charge in [0.25, 0.3) is 5.91 Å². The predicted octanol–water partition coefficient (Wildman–Crippen LogP) is 5.33. The first-order valence-electron chi connectivity index (χ1n) is 7.72. The Morgan fingerprint density at radius 1 is 1.32 bits per heavy atom. The van der Waals surface area contributed by atoms with E-state index < -0.39 is 0 Å². The van der Waals surface area contributed by atoms with Gasteiger partial charge in [-0.25, -0.2) is 0 Å². The van der Waals surface area contributed by atoms with Crippen molar-refractivity contribution in [3.8, 4) is 5.75 Å². The highest BCUT2D eigenvalue weighted by Gasteiger charge is 2.15. The number of carbonyl (C=O) groups is 1. The van der Waals surface area contributed by atoms with Gasteiger partial charge < -0.3 is 10.1 Å². The topological polar surface area (TPSA) is 50.4 Å². The van der Waals surface area contributed by atoms with Crippen LogP contribution < -0.4 is 15.4 Å². The number of hydrogen-bond acceptors (Lipinski definition) is 3. The van der Waals surface area contributed by atoms with Gasteiger partial charge >= 0.3 is 0 Å². The van der Waals surface area contributed by atoms with Gasteiger partial charge in [-0.15, -0.1) is 0 Å². The minimum Gasteiger partial charge on any atom is -0.493 e. The van der Waals surface area contributed by atoms with Crippen molar-refractivity contribution in [2.24, 2.45) is 0 Å². The lowest BCUT2D eigenvalue weighted by Gasteiger charge is -2.14. The Labute approximate surface area is 166 Å². The molecule has 132 valence electrons. The first kappa shape index (κ1) is 19.7. The maximum absolute atomic E-state index is 12.6. The van der Waals surface area contributed by atoms with E-state index in [1.54, 1.807) is 18.2 Å². The number of nitrogens with one attached hydrogen (secondary N) is 2. The summed E-state index contributed by atoms with van der Waals surface area (Å²) in [7, 11) is 0. The van der Waals surface area contributed by atoms with Crippen LogP contribution in [0.2, 0.25) is 5.02 Å². The van der Waals surface area contributed by atoms with E-state index in [0.717, 1.165) is 22.1 Å². The van der Waals surface area contributed by atoms with Crippen molar-refractivity contribution in [3.05, 3.63) is 57.0 Å². The van der Waals surface area contributed by atoms with Gasteiger partial charge in [-0.1, -0.05) is 40.5 Å². The van der Waals surface area contributed by atoms with Gasteiger partial charge in [0, 0.05) is 15.2 Å². The zero-order valence-corrected chi connectivity index (χ0v) is 17.0. The Hall–Kier alpha value is -1.63. The molecule has 7 heteroatoms. The van der Waals surface area contributed by atoms with Crippen LogP contribution in [0.15, 0.2) is 40.9 Å². The summed E-state index contributed by atoms with van der Waals surface area (Å²) in [4.78, 5) is 12.6. The molecule has 0 spiro atoms. The molecule has 0 aliphatic rings. The molecule has 0 aliphatic heterocycles. The van der Waals surface area contributed by atoms with Crippen molar-refractivity contribution in [1.82, 2.24) is 5.32 Å². The first-order chi connectivity index (χ1) is 11.9. The number of amides is 1. The van der Waals surface area contributed by atoms with E-state index in [1.807, 2.05) is 32.0 Å². The molecular weight excluding hydrogens is 424 g/mol. The molecular formula is C18H18BrClN2O2S. The molecule has 0 aliphatic carbocycles. The number of ether oxygens (including phenoxy) is 1. The number of carbonyl (C=O) groups excluding carboxylic acids is 1. The highest BCUT2D eigenvalue weighted by Crippen LogP contribution is 2.24. The molecule has 2 rings (SSSR count). The quantitative estimate of drug-likeness (QED) is 0.616. The van der Waals surface area contributed by atoms with Crippen LogP contribution in [-0.2, 0) is 0 Å². The minimum absolute atomic E-state index is 0.191. The second-order valence-corrected chi connectivity index (χ2v) is 7.04. The maximum Gasteiger partial charge on any atom is 0.261 e. The Kier molecular flexibility index (Phi) is 7.23. The molecule has 2 aromatic rings. The van der Waals surface area contributed by atoms with Crippen molar-refractivity contribution in [2.45, 2.75) is 20.3 Å². The molecule has 0 aromatic heterocycles. The van der Waals surface area contributed by atoms with E-state index in [9.17, 15) is 4.79 Å². The normalized spacial score (nSPS) is 10.2. The minimum atomic E-state index is -0.343. The van der Waals surface area contributed by atoms with Crippen LogP contribution in [-0.4, -0.2) is 17.6 Å². The Bertz CT molecular complexity index is 799. The summed E-state index contributed by atoms with van der Waals surface area (Å²) < 4.78 is 6.42. The maximum atomic E-state index is 12.6. The van der Waals surface area contributed by atoms with E-state index in [2.05, 4.69) is 26.6 Å². The Morgan fingerprint density at radius 3 is 2.80 bits per heavy atom. The molecule has 0 heterocycles. The van der Waals surface area contributed by atoms with Crippen molar-refractivity contribution < 1.29 is 9.53 Å². The highest BCUT2D eigenvalue weighted by molar-refractivity contribution is 9.10. The van der Waals surface area contributed by atoms with Gasteiger partial charge in [0.15, 0.2) is 5.11 Å². The second-order valence-electron chi connectivity index (χ2n) is 5.31. The number of halogens is 2. The van der Waals surface area contributed by atoms with Gasteiger partial charge in [0.1, 0.15) is 5.75 Å². The van der Waals surface area contributed by atoms with Crippen LogP contribution in [0.1, 0.15) is 29.3 Å². The van der Waals surface area contributed by atoms with Crippen molar-refractivity contribution in [3.63, 3.8) is 0 Å². The zero-order valence-electron chi connectivity index (χ0n) is 13.9. The average molecular weight is 442 g/mol. The smallest absolute Gasteiger partial charge is 0.261 e. The van der Waals surface area contributed by atoms with Gasteiger partial charge in [-0.05, 0) is 61.5 Å². The molecule has 25 heavy (non-hydrogen) atoms. The first-order valence-corrected chi connectivity index (χ1v) is 9.30. The SMILES string of the molecule is CCCOc1ccc(Br)cc1C(=O)NC(=S)Nc1cccc(Cl)c1C. The molecule has 2 N–H and O–H groups in total. The fraction of sp³-hybridized carbons (Fsp3) is 0.222. The van der Waals surface area contributed by atoms with Crippen LogP contribution in [0.3, 0.4) is 0 Å². The Balaban J connectivity index is 2.12. The van der Waals surface area contributed by atoms with Crippen molar-refractivity contribution in [2.75, 3.05) is 11.9 Å². The largest absolute Gasteiger partial charge is 0.493 e. The molecule has 1 amide bonds. The molecule has 0 fully saturated rings. The molecule has 0 bridgehead atoms. The fourth-order valence-corrected chi connectivity index (χ4v) is 2.82. The average Bonchev–Trinajstić information content (AvgIpc) is 2.57. The number of thiocarbonyl (C=S) groups is 1. The second kappa shape index (κ2) is 9.17. The lowest BCUT2D eigenvalue weighted by Crippen LogP contribution is -2.34. The third-order valence-corrected chi connectivity index (χ3v) is 4.50. The van der Waals surface area contributed by atoms with E-state index in [1.165, 1.54) is 0 Å². The number of rotatable bonds is 5. The van der Waals surface area contributed by atoms with Crippen LogP contribution in [0.5, 0.6) is 5.75 Å². The van der Waals surface area contributed by atoms with E-state index in [0.29, 0.717) is 22.9 Å². The van der Waals surface area contributed by atoms with E-state index in [4.69, 9.17) is 28.6 Å². The summed E-state index contributed by atoms with van der Waals surface area (Å²) in [6, 6.07) is 10.7. The molecule has 0 unspecified atom stereocenters. The van der Waals surface area contributed by atoms with E-state index in [-0.39, 0.29) is 11.0 Å². The molecule has 0 saturated heterocycles. The monoisotopic (exact) mass is 440 g/mol. The van der Waals surface area contributed by atoms with Gasteiger partial charge in [0.2, 0.25) is 0 Å². The zero-order chi connectivity index (χ0) is 18.4. The van der Waals surface area contributed by atoms with Gasteiger partial charge in [-0.3, -0.25) is 10.1 Å². The third-order valence-electron chi connectivity index (χ3n) is 3.39. The van der Waals surface area contributed by atoms with Crippen LogP contribution in [0.4, 0.5) is 5.69 Å². The predicted molar refractivity (Wildman–Crippen MR) is 110 cm³/mol. The third kappa shape index (κ3) is 5.42. The lowest BCUT2D eigenvalue weighted by molar-refractivity contribution is 0.0973. The van der Waals surface area contributed by atoms with Gasteiger partial charge in [0.05, 0.1) is 12.2 Å². The Morgan fingerprint density at radius 2 is 2.08 bits per heavy atom. The summed E-state index contributed by atoms with van der Waals surface area (Å²) in [6.45, 7) is 4.41. The van der Waals surface area contributed by atoms with Crippen LogP contribution >= 0.6 is 39.7 Å². The fourth-order valence-electron chi connectivity index (χ4n) is 2.08. The molecule has 2 aromatic carbocycles. The number of hydrogen-bond donors (Lipinski definition) is 2. The van der Waals surface area contributed by atoms with Gasteiger partial charge in [-0.2, -0.15) is 0 Å². The number of anilines is 1. The summed E-state index contributed by atoms with van der Waals surface area (Å²) >= 11 is 14.7. The summed E-state index contributed by atoms with van der Waals surface area (Å²) in [5, 5.41) is 6.48. The molecule has 0 atom stereocenters. The number of benzene rings is 2. The lowest BCUT2D eigenvalue weighted by atomic mass is 10.2. The summed E-state index contributed by atoms with van der Waals surface area (Å²) in [5.41, 5.74) is 2.01. The van der Waals surface area contributed by atoms with Crippen LogP contribution in [0, 0.1) is 6.92 Å². The summed E-state index contributed by atoms with van der Waals surface area (Å²) in [6.07, 6.45) is 0.852. The molecule has 0 radical (unpaired) electrons. The van der Waals surface area contributed by atoms with Crippen molar-refractivity contribution in [1.29, 1.82) is 0 Å². The van der Waals surface area contributed by atoms with E-state index >= 15 is 0 Å². The standard InChI is InChI=1S/C18H18BrClN2O2S/c1-3-9-24-16-8-7-12(19)10-13(16)17(23)22-18(25)21-15-6-4-5-14(20)11(15)2/h4-8,10H,3,9H2,1-2H3,(H2,21,22,23,25). The molecule has 0 saturated carbocycles. The highest BCUT2D eigenvalue weighted by atomic mass is 79.9. The summed E-state index contributed by atoms with van der Waals surface area (Å²) in [5.74, 6) is 0.175. The van der Waals surface area contributed by atoms with Crippen molar-refractivity contribution >= 4 is 56.5 Å².